The molecule has 1 aliphatic heterocycles. The van der Waals surface area contributed by atoms with Crippen LogP contribution >= 0.6 is 0 Å². The van der Waals surface area contributed by atoms with Gasteiger partial charge in [0.15, 0.2) is 0 Å². The Labute approximate surface area is 116 Å². The van der Waals surface area contributed by atoms with Gasteiger partial charge in [-0.1, -0.05) is 24.3 Å². The summed E-state index contributed by atoms with van der Waals surface area (Å²) in [5.41, 5.74) is 2.55. The molecule has 1 aliphatic rings. The van der Waals surface area contributed by atoms with Crippen molar-refractivity contribution in [3.63, 3.8) is 0 Å². The van der Waals surface area contributed by atoms with Crippen LogP contribution in [-0.2, 0) is 4.79 Å². The summed E-state index contributed by atoms with van der Waals surface area (Å²) in [7, 11) is 0. The van der Waals surface area contributed by atoms with E-state index in [0.717, 1.165) is 11.1 Å². The summed E-state index contributed by atoms with van der Waals surface area (Å²) in [5.74, 6) is 0.943. The van der Waals surface area contributed by atoms with Crippen molar-refractivity contribution in [1.29, 1.82) is 0 Å². The van der Waals surface area contributed by atoms with Crippen LogP contribution in [0.25, 0.3) is 11.3 Å². The molecule has 1 aromatic carbocycles. The average molecular weight is 269 g/mol. The molecule has 5 heteroatoms. The van der Waals surface area contributed by atoms with E-state index in [4.69, 9.17) is 0 Å². The standard InChI is InChI=1S/C15H15N3O2/c1-9-17-13(7-15(20)18-9)11-4-2-10(3-5-11)12-6-14(19)16-8-12/h2-5,7,12H,6,8H2,1H3,(H,16,19)(H,17,18,20). The van der Waals surface area contributed by atoms with Gasteiger partial charge in [0.2, 0.25) is 5.91 Å². The molecule has 0 saturated carbocycles. The van der Waals surface area contributed by atoms with Crippen LogP contribution in [0.3, 0.4) is 0 Å². The zero-order chi connectivity index (χ0) is 14.1. The van der Waals surface area contributed by atoms with Crippen LogP contribution in [0.4, 0.5) is 0 Å². The highest BCUT2D eigenvalue weighted by Crippen LogP contribution is 2.25. The Morgan fingerprint density at radius 2 is 1.95 bits per heavy atom. The molecule has 2 N–H and O–H groups in total. The number of nitrogens with zero attached hydrogens (tertiary/aromatic N) is 1. The summed E-state index contributed by atoms with van der Waals surface area (Å²) < 4.78 is 0. The van der Waals surface area contributed by atoms with Crippen LogP contribution < -0.4 is 10.9 Å². The summed E-state index contributed by atoms with van der Waals surface area (Å²) in [6.07, 6.45) is 0.543. The second-order valence-corrected chi connectivity index (χ2v) is 5.04. The summed E-state index contributed by atoms with van der Waals surface area (Å²) in [4.78, 5) is 29.6. The molecule has 20 heavy (non-hydrogen) atoms. The van der Waals surface area contributed by atoms with E-state index in [1.807, 2.05) is 24.3 Å². The topological polar surface area (TPSA) is 74.8 Å². The maximum absolute atomic E-state index is 11.5. The first kappa shape index (κ1) is 12.6. The number of carbonyl (C=O) groups excluding carboxylic acids is 1. The molecule has 0 radical (unpaired) electrons. The van der Waals surface area contributed by atoms with Crippen molar-refractivity contribution in [2.45, 2.75) is 19.3 Å². The number of hydrogen-bond acceptors (Lipinski definition) is 3. The molecule has 0 bridgehead atoms. The Bertz CT molecular complexity index is 704. The van der Waals surface area contributed by atoms with Gasteiger partial charge in [0.1, 0.15) is 5.82 Å². The molecule has 1 unspecified atom stereocenters. The van der Waals surface area contributed by atoms with E-state index in [-0.39, 0.29) is 17.4 Å². The maximum Gasteiger partial charge on any atom is 0.251 e. The van der Waals surface area contributed by atoms with Crippen molar-refractivity contribution in [2.75, 3.05) is 6.54 Å². The van der Waals surface area contributed by atoms with Crippen LogP contribution in [-0.4, -0.2) is 22.4 Å². The summed E-state index contributed by atoms with van der Waals surface area (Å²) in [6, 6.07) is 9.37. The van der Waals surface area contributed by atoms with E-state index in [0.29, 0.717) is 24.5 Å². The van der Waals surface area contributed by atoms with E-state index in [2.05, 4.69) is 15.3 Å². The van der Waals surface area contributed by atoms with Crippen molar-refractivity contribution in [3.8, 4) is 11.3 Å². The predicted molar refractivity (Wildman–Crippen MR) is 75.4 cm³/mol. The molecule has 2 heterocycles. The van der Waals surface area contributed by atoms with Gasteiger partial charge in [0.05, 0.1) is 5.69 Å². The van der Waals surface area contributed by atoms with Gasteiger partial charge in [-0.05, 0) is 12.5 Å². The quantitative estimate of drug-likeness (QED) is 0.864. The number of nitrogens with one attached hydrogen (secondary N) is 2. The average Bonchev–Trinajstić information content (AvgIpc) is 2.84. The molecule has 1 aromatic heterocycles. The first-order valence-electron chi connectivity index (χ1n) is 6.57. The number of aryl methyl sites for hydroxylation is 1. The van der Waals surface area contributed by atoms with Gasteiger partial charge in [-0.25, -0.2) is 4.98 Å². The summed E-state index contributed by atoms with van der Waals surface area (Å²) in [5, 5.41) is 2.83. The first-order chi connectivity index (χ1) is 9.61. The van der Waals surface area contributed by atoms with Gasteiger partial charge in [0.25, 0.3) is 5.56 Å². The third kappa shape index (κ3) is 2.47. The van der Waals surface area contributed by atoms with Crippen LogP contribution in [0.5, 0.6) is 0 Å². The normalized spacial score (nSPS) is 18.1. The Morgan fingerprint density at radius 3 is 2.55 bits per heavy atom. The molecule has 1 atom stereocenters. The smallest absolute Gasteiger partial charge is 0.251 e. The van der Waals surface area contributed by atoms with Crippen LogP contribution in [0, 0.1) is 6.92 Å². The Hall–Kier alpha value is -2.43. The molecule has 1 amide bonds. The van der Waals surface area contributed by atoms with E-state index in [9.17, 15) is 9.59 Å². The van der Waals surface area contributed by atoms with Gasteiger partial charge < -0.3 is 10.3 Å². The second-order valence-electron chi connectivity index (χ2n) is 5.04. The lowest BCUT2D eigenvalue weighted by molar-refractivity contribution is -0.119. The number of H-pyrrole nitrogens is 1. The summed E-state index contributed by atoms with van der Waals surface area (Å²) in [6.45, 7) is 2.45. The van der Waals surface area contributed by atoms with Crippen LogP contribution in [0.1, 0.15) is 23.7 Å². The van der Waals surface area contributed by atoms with Gasteiger partial charge in [-0.15, -0.1) is 0 Å². The van der Waals surface area contributed by atoms with Crippen molar-refractivity contribution >= 4 is 5.91 Å². The second kappa shape index (κ2) is 4.92. The highest BCUT2D eigenvalue weighted by Gasteiger charge is 2.22. The molecule has 5 nitrogen and oxygen atoms in total. The lowest BCUT2D eigenvalue weighted by atomic mass is 9.96. The Balaban J connectivity index is 1.89. The monoisotopic (exact) mass is 269 g/mol. The third-order valence-electron chi connectivity index (χ3n) is 3.52. The zero-order valence-electron chi connectivity index (χ0n) is 11.1. The van der Waals surface area contributed by atoms with Crippen molar-refractivity contribution in [1.82, 2.24) is 15.3 Å². The zero-order valence-corrected chi connectivity index (χ0v) is 11.1. The maximum atomic E-state index is 11.5. The number of aromatic nitrogens is 2. The molecule has 0 aliphatic carbocycles. The number of amides is 1. The lowest BCUT2D eigenvalue weighted by Gasteiger charge is -2.08. The van der Waals surface area contributed by atoms with Gasteiger partial charge in [-0.2, -0.15) is 0 Å². The van der Waals surface area contributed by atoms with Crippen molar-refractivity contribution in [2.24, 2.45) is 0 Å². The molecule has 2 aromatic rings. The van der Waals surface area contributed by atoms with E-state index < -0.39 is 0 Å². The van der Waals surface area contributed by atoms with Gasteiger partial charge in [0, 0.05) is 30.5 Å². The fourth-order valence-electron chi connectivity index (χ4n) is 2.49. The van der Waals surface area contributed by atoms with Crippen molar-refractivity contribution < 1.29 is 4.79 Å². The molecule has 1 saturated heterocycles. The minimum Gasteiger partial charge on any atom is -0.355 e. The van der Waals surface area contributed by atoms with Crippen LogP contribution in [0.15, 0.2) is 35.1 Å². The van der Waals surface area contributed by atoms with Gasteiger partial charge >= 0.3 is 0 Å². The Morgan fingerprint density at radius 1 is 1.20 bits per heavy atom. The first-order valence-corrected chi connectivity index (χ1v) is 6.57. The fraction of sp³-hybridized carbons (Fsp3) is 0.267. The van der Waals surface area contributed by atoms with E-state index >= 15 is 0 Å². The SMILES string of the molecule is Cc1nc(-c2ccc(C3CNC(=O)C3)cc2)cc(=O)[nH]1. The predicted octanol–water partition coefficient (Wildman–Crippen LogP) is 1.35. The molecular weight excluding hydrogens is 254 g/mol. The van der Waals surface area contributed by atoms with Crippen LogP contribution in [0.2, 0.25) is 0 Å². The lowest BCUT2D eigenvalue weighted by Crippen LogP contribution is -2.13. The molecule has 102 valence electrons. The highest BCUT2D eigenvalue weighted by molar-refractivity contribution is 5.79. The minimum absolute atomic E-state index is 0.103. The number of aromatic amines is 1. The third-order valence-corrected chi connectivity index (χ3v) is 3.52. The molecule has 0 spiro atoms. The number of carbonyl (C=O) groups is 1. The molecule has 3 rings (SSSR count). The number of hydrogen-bond donors (Lipinski definition) is 2. The highest BCUT2D eigenvalue weighted by atomic mass is 16.1. The molecular formula is C15H15N3O2. The largest absolute Gasteiger partial charge is 0.355 e. The minimum atomic E-state index is -0.151. The fourth-order valence-corrected chi connectivity index (χ4v) is 2.49. The van der Waals surface area contributed by atoms with Crippen molar-refractivity contribution in [3.05, 3.63) is 52.1 Å². The number of benzene rings is 1. The summed E-state index contributed by atoms with van der Waals surface area (Å²) >= 11 is 0. The number of rotatable bonds is 2. The van der Waals surface area contributed by atoms with E-state index in [1.54, 1.807) is 6.92 Å². The molecule has 1 fully saturated rings. The van der Waals surface area contributed by atoms with E-state index in [1.165, 1.54) is 6.07 Å². The Kier molecular flexibility index (Phi) is 3.10. The van der Waals surface area contributed by atoms with Gasteiger partial charge in [-0.3, -0.25) is 9.59 Å².